The average molecular weight is 580 g/mol. The first-order valence-electron chi connectivity index (χ1n) is 15.7. The monoisotopic (exact) mass is 579 g/mol. The lowest BCUT2D eigenvalue weighted by Crippen LogP contribution is -2.47. The molecule has 2 heterocycles. The van der Waals surface area contributed by atoms with Gasteiger partial charge in [-0.3, -0.25) is 19.2 Å². The topological polar surface area (TPSA) is 102 Å². The Balaban J connectivity index is 0.00000101. The molecule has 0 unspecified atom stereocenters. The molecule has 0 spiro atoms. The van der Waals surface area contributed by atoms with Crippen molar-refractivity contribution in [3.05, 3.63) is 11.6 Å². The fourth-order valence-electron chi connectivity index (χ4n) is 4.81. The normalized spacial score (nSPS) is 18.2. The van der Waals surface area contributed by atoms with E-state index >= 15 is 0 Å². The Kier molecular flexibility index (Phi) is 20.0. The summed E-state index contributed by atoms with van der Waals surface area (Å²) in [5.74, 6) is 0.398. The fourth-order valence-corrected chi connectivity index (χ4v) is 4.81. The van der Waals surface area contributed by atoms with Gasteiger partial charge in [0.05, 0.1) is 12.6 Å². The number of amides is 4. The van der Waals surface area contributed by atoms with Crippen molar-refractivity contribution in [3.8, 4) is 0 Å². The number of carbonyl (C=O) groups is 4. The van der Waals surface area contributed by atoms with Crippen molar-refractivity contribution in [2.45, 2.75) is 119 Å². The first-order valence-corrected chi connectivity index (χ1v) is 15.7. The maximum atomic E-state index is 13.0. The molecule has 2 aliphatic heterocycles. The number of hydrogen-bond acceptors (Lipinski definition) is 5. The van der Waals surface area contributed by atoms with Gasteiger partial charge in [0, 0.05) is 31.8 Å². The van der Waals surface area contributed by atoms with E-state index in [4.69, 9.17) is 0 Å². The van der Waals surface area contributed by atoms with Gasteiger partial charge in [-0.2, -0.15) is 0 Å². The quantitative estimate of drug-likeness (QED) is 0.282. The van der Waals surface area contributed by atoms with Gasteiger partial charge in [0.15, 0.2) is 0 Å². The second-order valence-corrected chi connectivity index (χ2v) is 12.5. The predicted octanol–water partition coefficient (Wildman–Crippen LogP) is 4.22. The predicted molar refractivity (Wildman–Crippen MR) is 168 cm³/mol. The second kappa shape index (κ2) is 21.3. The van der Waals surface area contributed by atoms with E-state index in [1.54, 1.807) is 24.9 Å². The summed E-state index contributed by atoms with van der Waals surface area (Å²) in [7, 11) is 1.66. The van der Waals surface area contributed by atoms with Gasteiger partial charge in [-0.25, -0.2) is 0 Å². The number of nitrogens with zero attached hydrogens (tertiary/aromatic N) is 3. The molecule has 0 aliphatic carbocycles. The van der Waals surface area contributed by atoms with Crippen LogP contribution in [0.1, 0.15) is 101 Å². The number of likely N-dealkylation sites (N-methyl/N-ethyl adjacent to an activating group) is 1. The molecule has 9 nitrogen and oxygen atoms in total. The highest BCUT2D eigenvalue weighted by Crippen LogP contribution is 2.21. The van der Waals surface area contributed by atoms with Gasteiger partial charge in [-0.05, 0) is 77.8 Å². The van der Waals surface area contributed by atoms with E-state index < -0.39 is 6.04 Å². The zero-order chi connectivity index (χ0) is 31.5. The zero-order valence-corrected chi connectivity index (χ0v) is 27.8. The molecule has 2 N–H and O–H groups in total. The lowest BCUT2D eigenvalue weighted by Gasteiger charge is -2.30. The van der Waals surface area contributed by atoms with Crippen molar-refractivity contribution < 1.29 is 19.2 Å². The lowest BCUT2D eigenvalue weighted by molar-refractivity contribution is -0.135. The van der Waals surface area contributed by atoms with Crippen molar-refractivity contribution in [2.24, 2.45) is 11.8 Å². The van der Waals surface area contributed by atoms with Crippen LogP contribution in [0.15, 0.2) is 11.6 Å². The van der Waals surface area contributed by atoms with Crippen LogP contribution < -0.4 is 10.6 Å². The van der Waals surface area contributed by atoms with Crippen LogP contribution in [-0.2, 0) is 19.2 Å². The Morgan fingerprint density at radius 2 is 1.54 bits per heavy atom. The van der Waals surface area contributed by atoms with Gasteiger partial charge in [0.1, 0.15) is 6.04 Å². The first-order chi connectivity index (χ1) is 19.3. The minimum Gasteiger partial charge on any atom is -0.354 e. The fraction of sp³-hybridized carbons (Fsp3) is 0.812. The van der Waals surface area contributed by atoms with E-state index in [1.807, 2.05) is 20.8 Å². The molecule has 0 bridgehead atoms. The van der Waals surface area contributed by atoms with Gasteiger partial charge in [-0.15, -0.1) is 0 Å². The van der Waals surface area contributed by atoms with Crippen LogP contribution in [-0.4, -0.2) is 96.7 Å². The molecule has 2 aliphatic rings. The molecule has 2 atom stereocenters. The highest BCUT2D eigenvalue weighted by molar-refractivity contribution is 5.97. The number of nitrogens with one attached hydrogen (secondary N) is 2. The molecule has 0 aromatic rings. The highest BCUT2D eigenvalue weighted by Gasteiger charge is 2.34. The average Bonchev–Trinajstić information content (AvgIpc) is 3.43. The third-order valence-corrected chi connectivity index (χ3v) is 7.10. The van der Waals surface area contributed by atoms with E-state index in [9.17, 15) is 19.2 Å². The maximum Gasteiger partial charge on any atom is 0.249 e. The zero-order valence-electron chi connectivity index (χ0n) is 27.8. The van der Waals surface area contributed by atoms with Gasteiger partial charge in [0.2, 0.25) is 24.1 Å². The Hall–Kier alpha value is -2.42. The Labute approximate surface area is 250 Å². The summed E-state index contributed by atoms with van der Waals surface area (Å²) < 4.78 is 0. The molecule has 238 valence electrons. The summed E-state index contributed by atoms with van der Waals surface area (Å²) in [5.41, 5.74) is 0.511. The van der Waals surface area contributed by atoms with Crippen molar-refractivity contribution >= 4 is 24.1 Å². The first kappa shape index (κ1) is 38.6. The number of likely N-dealkylation sites (tertiary alicyclic amines) is 2. The minimum atomic E-state index is -0.434. The van der Waals surface area contributed by atoms with Gasteiger partial charge >= 0.3 is 0 Å². The Morgan fingerprint density at radius 1 is 0.951 bits per heavy atom. The molecule has 4 amide bonds. The molecule has 0 saturated carbocycles. The number of rotatable bonds is 11. The summed E-state index contributed by atoms with van der Waals surface area (Å²) in [6.07, 6.45) is 8.85. The maximum absolute atomic E-state index is 13.0. The van der Waals surface area contributed by atoms with Crippen molar-refractivity contribution in [2.75, 3.05) is 39.8 Å². The third-order valence-electron chi connectivity index (χ3n) is 7.10. The Morgan fingerprint density at radius 3 is 2.00 bits per heavy atom. The molecule has 0 aromatic heterocycles. The van der Waals surface area contributed by atoms with E-state index in [0.717, 1.165) is 24.8 Å². The van der Waals surface area contributed by atoms with E-state index in [0.29, 0.717) is 31.5 Å². The summed E-state index contributed by atoms with van der Waals surface area (Å²) in [6, 6.07) is 0.0428. The summed E-state index contributed by atoms with van der Waals surface area (Å²) in [6.45, 7) is 22.4. The van der Waals surface area contributed by atoms with Crippen LogP contribution in [0, 0.1) is 11.8 Å². The van der Waals surface area contributed by atoms with E-state index in [-0.39, 0.29) is 36.2 Å². The van der Waals surface area contributed by atoms with E-state index in [2.05, 4.69) is 50.2 Å². The van der Waals surface area contributed by atoms with Crippen molar-refractivity contribution in [1.29, 1.82) is 0 Å². The van der Waals surface area contributed by atoms with Crippen LogP contribution >= 0.6 is 0 Å². The minimum absolute atomic E-state index is 0.0789. The van der Waals surface area contributed by atoms with Crippen LogP contribution in [0.2, 0.25) is 0 Å². The molecular formula is C32H61N5O4. The van der Waals surface area contributed by atoms with Crippen molar-refractivity contribution in [1.82, 2.24) is 25.3 Å². The highest BCUT2D eigenvalue weighted by atomic mass is 16.2. The molecule has 2 rings (SSSR count). The van der Waals surface area contributed by atoms with Crippen LogP contribution in [0.25, 0.3) is 0 Å². The molecule has 2 fully saturated rings. The van der Waals surface area contributed by atoms with E-state index in [1.165, 1.54) is 37.3 Å². The SMILES string of the molecule is CC(C)C.CC(C)N1CCCCC1.CCCNC(=O)[C@@H]1CCCN1C(=O)/C(C)=C/[C@H](C(C)C)N(C)C(=O)CNC=O. The van der Waals surface area contributed by atoms with Gasteiger partial charge < -0.3 is 25.3 Å². The van der Waals surface area contributed by atoms with Crippen LogP contribution in [0.5, 0.6) is 0 Å². The Bertz CT molecular complexity index is 803. The van der Waals surface area contributed by atoms with Crippen molar-refractivity contribution in [3.63, 3.8) is 0 Å². The number of carbonyl (C=O) groups excluding carboxylic acids is 4. The standard InChI is InChI=1S/C20H34N4O4.C8H17N.C4H10/c1-6-9-22-19(27)16-8-7-10-24(16)20(28)15(4)11-17(14(2)3)23(5)18(26)12-21-13-25;1-8(2)9-6-4-3-5-7-9;1-4(2)3/h11,13-14,16-17H,6-10,12H2,1-5H3,(H,21,25)(H,22,27);8H,3-7H2,1-2H3;4H,1-3H3/b15-11+;;/t16-,17+;;/m0../s1. The third kappa shape index (κ3) is 15.4. The van der Waals surface area contributed by atoms with Gasteiger partial charge in [-0.1, -0.05) is 54.0 Å². The van der Waals surface area contributed by atoms with Gasteiger partial charge in [0.25, 0.3) is 0 Å². The molecule has 0 aromatic carbocycles. The molecule has 2 saturated heterocycles. The number of hydrogen-bond donors (Lipinski definition) is 2. The molecule has 9 heteroatoms. The largest absolute Gasteiger partial charge is 0.354 e. The summed E-state index contributed by atoms with van der Waals surface area (Å²) >= 11 is 0. The lowest BCUT2D eigenvalue weighted by atomic mass is 9.99. The number of piperidine rings is 1. The smallest absolute Gasteiger partial charge is 0.249 e. The van der Waals surface area contributed by atoms with Crippen LogP contribution in [0.4, 0.5) is 0 Å². The summed E-state index contributed by atoms with van der Waals surface area (Å²) in [4.78, 5) is 53.7. The summed E-state index contributed by atoms with van der Waals surface area (Å²) in [5, 5.41) is 5.24. The molecule has 41 heavy (non-hydrogen) atoms. The van der Waals surface area contributed by atoms with Crippen LogP contribution in [0.3, 0.4) is 0 Å². The molecular weight excluding hydrogens is 518 g/mol. The second-order valence-electron chi connectivity index (χ2n) is 12.5. The molecule has 0 radical (unpaired) electrons.